The molecule has 7 heterocycles. The quantitative estimate of drug-likeness (QED) is 0.0479. The van der Waals surface area contributed by atoms with Crippen LogP contribution >= 0.6 is 0 Å². The van der Waals surface area contributed by atoms with E-state index >= 15 is 0 Å². The maximum Gasteiger partial charge on any atom is 0.217 e. The van der Waals surface area contributed by atoms with Gasteiger partial charge in [0.2, 0.25) is 17.7 Å². The average Bonchev–Trinajstić information content (AvgIpc) is 0.914. The van der Waals surface area contributed by atoms with Gasteiger partial charge in [0.1, 0.15) is 171 Å². The van der Waals surface area contributed by atoms with Gasteiger partial charge in [0, 0.05) is 20.8 Å². The fourth-order valence-electron chi connectivity index (χ4n) is 11.2. The summed E-state index contributed by atoms with van der Waals surface area (Å²) in [5.74, 6) is -2.68. The van der Waals surface area contributed by atoms with Crippen LogP contribution in [0.5, 0.6) is 0 Å². The van der Waals surface area contributed by atoms with Crippen molar-refractivity contribution in [3.8, 4) is 0 Å². The summed E-state index contributed by atoms with van der Waals surface area (Å²) in [5, 5.41) is 224. The van der Waals surface area contributed by atoms with Crippen LogP contribution in [-0.2, 0) is 76.0 Å². The number of ether oxygens (including phenoxy) is 13. The fourth-order valence-corrected chi connectivity index (χ4v) is 11.2. The second-order valence-electron chi connectivity index (χ2n) is 21.8. The normalized spacial score (nSPS) is 48.9. The lowest BCUT2D eigenvalue weighted by atomic mass is 9.93. The van der Waals surface area contributed by atoms with Gasteiger partial charge in [-0.05, 0) is 0 Å². The van der Waals surface area contributed by atoms with Crippen molar-refractivity contribution in [2.24, 2.45) is 0 Å². The van der Waals surface area contributed by atoms with Crippen LogP contribution in [-0.4, -0.2) is 381 Å². The van der Waals surface area contributed by atoms with Crippen molar-refractivity contribution in [1.82, 2.24) is 16.0 Å². The largest absolute Gasteiger partial charge is 0.394 e. The first-order chi connectivity index (χ1) is 41.2. The van der Waals surface area contributed by atoms with Gasteiger partial charge in [-0.3, -0.25) is 14.4 Å². The fraction of sp³-hybridized carbons (Fsp3) is 0.938. The van der Waals surface area contributed by atoms with E-state index in [1.54, 1.807) is 0 Å². The number of aliphatic hydroxyl groups is 20. The van der Waals surface area contributed by atoms with Gasteiger partial charge in [-0.25, -0.2) is 0 Å². The maximum absolute atomic E-state index is 13.2. The molecule has 0 saturated carbocycles. The summed E-state index contributed by atoms with van der Waals surface area (Å²) in [7, 11) is 0. The van der Waals surface area contributed by atoms with E-state index in [2.05, 4.69) is 16.0 Å². The number of carbonyl (C=O) groups is 3. The topological polar surface area (TPSA) is 612 Å². The highest BCUT2D eigenvalue weighted by molar-refractivity contribution is 5.74. The van der Waals surface area contributed by atoms with Crippen LogP contribution in [0.4, 0.5) is 0 Å². The smallest absolute Gasteiger partial charge is 0.217 e. The number of aliphatic hydroxyl groups excluding tert-OH is 20. The van der Waals surface area contributed by atoms with E-state index in [1.165, 1.54) is 0 Å². The lowest BCUT2D eigenvalue weighted by Gasteiger charge is -2.52. The first-order valence-corrected chi connectivity index (χ1v) is 27.6. The maximum atomic E-state index is 13.2. The summed E-state index contributed by atoms with van der Waals surface area (Å²) in [5.41, 5.74) is 0. The molecule has 35 atom stereocenters. The zero-order valence-corrected chi connectivity index (χ0v) is 46.6. The summed E-state index contributed by atoms with van der Waals surface area (Å²) >= 11 is 0. The molecule has 87 heavy (non-hydrogen) atoms. The number of carbonyl (C=O) groups excluding carboxylic acids is 3. The van der Waals surface area contributed by atoms with Crippen LogP contribution in [0.1, 0.15) is 20.8 Å². The molecule has 504 valence electrons. The van der Waals surface area contributed by atoms with Crippen molar-refractivity contribution in [1.29, 1.82) is 0 Å². The number of amides is 3. The van der Waals surface area contributed by atoms with E-state index < -0.39 is 279 Å². The minimum absolute atomic E-state index is 0.816. The van der Waals surface area contributed by atoms with E-state index in [1.807, 2.05) is 0 Å². The molecule has 7 fully saturated rings. The van der Waals surface area contributed by atoms with Crippen molar-refractivity contribution < 1.29 is 178 Å². The molecular weight excluding hydrogens is 1190 g/mol. The third-order valence-corrected chi connectivity index (χ3v) is 15.7. The lowest BCUT2D eigenvalue weighted by molar-refractivity contribution is -0.400. The number of hydrogen-bond donors (Lipinski definition) is 23. The molecule has 7 aliphatic rings. The summed E-state index contributed by atoms with van der Waals surface area (Å²) in [4.78, 5) is 38.6. The Morgan fingerprint density at radius 2 is 0.563 bits per heavy atom. The predicted molar refractivity (Wildman–Crippen MR) is 267 cm³/mol. The van der Waals surface area contributed by atoms with E-state index in [9.17, 15) is 117 Å². The van der Waals surface area contributed by atoms with Gasteiger partial charge >= 0.3 is 0 Å². The van der Waals surface area contributed by atoms with Crippen LogP contribution in [0.25, 0.3) is 0 Å². The lowest BCUT2D eigenvalue weighted by Crippen LogP contribution is -2.72. The molecule has 0 radical (unpaired) electrons. The Morgan fingerprint density at radius 3 is 1.00 bits per heavy atom. The van der Waals surface area contributed by atoms with Gasteiger partial charge < -0.3 is 180 Å². The zero-order chi connectivity index (χ0) is 64.2. The molecule has 7 aliphatic heterocycles. The molecule has 3 amide bonds. The van der Waals surface area contributed by atoms with E-state index in [4.69, 9.17) is 61.6 Å². The first-order valence-electron chi connectivity index (χ1n) is 27.6. The molecular formula is C48H81N3O36. The molecule has 0 bridgehead atoms. The van der Waals surface area contributed by atoms with Crippen molar-refractivity contribution in [3.63, 3.8) is 0 Å². The van der Waals surface area contributed by atoms with Crippen molar-refractivity contribution in [2.75, 3.05) is 46.2 Å². The van der Waals surface area contributed by atoms with Gasteiger partial charge in [-0.15, -0.1) is 0 Å². The van der Waals surface area contributed by atoms with Gasteiger partial charge in [-0.1, -0.05) is 0 Å². The second kappa shape index (κ2) is 31.1. The Morgan fingerprint density at radius 1 is 0.276 bits per heavy atom. The van der Waals surface area contributed by atoms with Gasteiger partial charge in [0.05, 0.1) is 46.2 Å². The second-order valence-corrected chi connectivity index (χ2v) is 21.8. The predicted octanol–water partition coefficient (Wildman–Crippen LogP) is -15.8. The van der Waals surface area contributed by atoms with Crippen LogP contribution in [0, 0.1) is 0 Å². The highest BCUT2D eigenvalue weighted by Gasteiger charge is 2.60. The monoisotopic (exact) mass is 1280 g/mol. The highest BCUT2D eigenvalue weighted by atomic mass is 16.8. The number of nitrogens with one attached hydrogen (secondary N) is 3. The average molecular weight is 1280 g/mol. The Kier molecular flexibility index (Phi) is 25.6. The third-order valence-electron chi connectivity index (χ3n) is 15.7. The van der Waals surface area contributed by atoms with Crippen LogP contribution < -0.4 is 16.0 Å². The number of hydrogen-bond acceptors (Lipinski definition) is 36. The minimum atomic E-state index is -2.47. The van der Waals surface area contributed by atoms with Crippen LogP contribution in [0.3, 0.4) is 0 Å². The van der Waals surface area contributed by atoms with Gasteiger partial charge in [-0.2, -0.15) is 0 Å². The van der Waals surface area contributed by atoms with Crippen molar-refractivity contribution >= 4 is 17.7 Å². The highest BCUT2D eigenvalue weighted by Crippen LogP contribution is 2.39. The standard InChI is InChI=1S/C48H81N3O36/c1-11(59)49-21-28(66)24(62)14(4-52)76-43(21)85-39-22(50-12(2)60)45(78-16(6-54)26(39)64)87-41-35(73)48(83-37-19(9-57)80-47(34(72)31(37)69)82-36-18(8-56)75-42(74)32(70)30(36)68)81-20(10-58)38(41)84-44-23(51-13(3)61)40(27(65)17(7-55)77-44)86-46-33(71)29(67)25(63)15(5-53)79-46/h14-48,52-58,62-74H,4-10H2,1-3H3,(H,49,59)(H,50,60)(H,51,61)/t14-,15-,16-,17-,18-,19-,20-,21-,22-,23-,24+,25+,26+,27+,28-,29+,30-,31-,32-,33-,34-,35-,36-,37+,38+,39-,40-,41-,42-,43-,44+,45+,46+,47+,48-/m1/s1. The zero-order valence-electron chi connectivity index (χ0n) is 46.6. The first kappa shape index (κ1) is 71.5. The van der Waals surface area contributed by atoms with Gasteiger partial charge in [0.25, 0.3) is 0 Å². The van der Waals surface area contributed by atoms with Crippen LogP contribution in [0.2, 0.25) is 0 Å². The minimum Gasteiger partial charge on any atom is -0.394 e. The summed E-state index contributed by atoms with van der Waals surface area (Å²) in [6, 6.07) is -5.51. The Labute approximate surface area is 492 Å². The van der Waals surface area contributed by atoms with Gasteiger partial charge in [0.15, 0.2) is 44.0 Å². The Bertz CT molecular complexity index is 2180. The molecule has 7 rings (SSSR count). The molecule has 39 heteroatoms. The molecule has 0 aromatic heterocycles. The molecule has 7 saturated heterocycles. The summed E-state index contributed by atoms with van der Waals surface area (Å²) < 4.78 is 76.5. The molecule has 0 unspecified atom stereocenters. The van der Waals surface area contributed by atoms with Crippen molar-refractivity contribution in [2.45, 2.75) is 236 Å². The molecule has 0 aliphatic carbocycles. The third kappa shape index (κ3) is 15.6. The Hall–Kier alpha value is -2.91. The SMILES string of the molecule is CC(=O)N[C@H]1[C@@H](O[C@H]2[C@@H](O)[C@@H](CO)O[C@@H](O[C@@H]3[C@@H](O)[C@@H](O[C@@H]4[C@H](O)[C@@H](O)[C@H](O[C@H]5[C@H](O)[C@@H](O)[C@H](O)O[C@@H]5CO)O[C@@H]4CO)O[C@H](CO)[C@@H]3O[C@@H]3O[C@H](CO)[C@H](O)[C@H](O[C@@H]4O[C@H](CO)[C@H](O)[C@H](O)[C@H]4O)[C@H]3NC(C)=O)[C@@H]2NC(C)=O)O[C@H](CO)[C@H](O)[C@@H]1O. The summed E-state index contributed by atoms with van der Waals surface area (Å²) in [6.45, 7) is -4.47. The molecule has 0 aromatic rings. The number of rotatable bonds is 22. The van der Waals surface area contributed by atoms with Crippen LogP contribution in [0.15, 0.2) is 0 Å². The van der Waals surface area contributed by atoms with E-state index in [0.29, 0.717) is 0 Å². The molecule has 0 aromatic carbocycles. The van der Waals surface area contributed by atoms with Crippen molar-refractivity contribution in [3.05, 3.63) is 0 Å². The molecule has 0 spiro atoms. The summed E-state index contributed by atoms with van der Waals surface area (Å²) in [6.07, 6.45) is -64.2. The van der Waals surface area contributed by atoms with E-state index in [-0.39, 0.29) is 0 Å². The molecule has 23 N–H and O–H groups in total. The molecule has 39 nitrogen and oxygen atoms in total. The van der Waals surface area contributed by atoms with E-state index in [0.717, 1.165) is 20.8 Å². The Balaban J connectivity index is 1.28.